The average molecular weight is 287 g/mol. The van der Waals surface area contributed by atoms with Crippen LogP contribution in [0.4, 0.5) is 0 Å². The van der Waals surface area contributed by atoms with Gasteiger partial charge in [-0.3, -0.25) is 0 Å². The minimum absolute atomic E-state index is 0.242. The maximum atomic E-state index is 4.56. The van der Waals surface area contributed by atoms with E-state index in [4.69, 9.17) is 0 Å². The highest BCUT2D eigenvalue weighted by atomic mass is 32.1. The molecule has 3 nitrogen and oxygen atoms in total. The van der Waals surface area contributed by atoms with Gasteiger partial charge in [0.1, 0.15) is 11.9 Å². The predicted molar refractivity (Wildman–Crippen MR) is 81.8 cm³/mol. The van der Waals surface area contributed by atoms with Gasteiger partial charge in [-0.15, -0.1) is 11.3 Å². The summed E-state index contributed by atoms with van der Waals surface area (Å²) < 4.78 is 2.13. The van der Waals surface area contributed by atoms with E-state index in [2.05, 4.69) is 39.4 Å². The molecular weight excluding hydrogens is 266 g/mol. The Morgan fingerprint density at radius 2 is 2.35 bits per heavy atom. The van der Waals surface area contributed by atoms with Crippen LogP contribution < -0.4 is 5.32 Å². The first-order valence-corrected chi connectivity index (χ1v) is 8.40. The molecule has 0 aliphatic heterocycles. The number of aromatic nitrogens is 2. The Hall–Kier alpha value is -1.13. The molecule has 2 aromatic rings. The molecule has 20 heavy (non-hydrogen) atoms. The van der Waals surface area contributed by atoms with Crippen LogP contribution in [0.1, 0.15) is 42.4 Å². The Kier molecular flexibility index (Phi) is 2.97. The van der Waals surface area contributed by atoms with E-state index in [1.54, 1.807) is 0 Å². The second-order valence-corrected chi connectivity index (χ2v) is 7.34. The molecular formula is C16H21N3S. The third kappa shape index (κ3) is 2.21. The van der Waals surface area contributed by atoms with Gasteiger partial charge >= 0.3 is 0 Å². The van der Waals surface area contributed by atoms with Gasteiger partial charge in [0.05, 0.1) is 0 Å². The van der Waals surface area contributed by atoms with Gasteiger partial charge < -0.3 is 9.88 Å². The number of thiophene rings is 1. The molecule has 1 N–H and O–H groups in total. The molecule has 0 bridgehead atoms. The van der Waals surface area contributed by atoms with E-state index >= 15 is 0 Å². The van der Waals surface area contributed by atoms with Crippen molar-refractivity contribution in [3.8, 4) is 0 Å². The summed E-state index contributed by atoms with van der Waals surface area (Å²) >= 11 is 1.82. The van der Waals surface area contributed by atoms with E-state index in [1.165, 1.54) is 30.6 Å². The highest BCUT2D eigenvalue weighted by molar-refractivity contribution is 7.10. The number of nitrogens with zero attached hydrogens (tertiary/aromatic N) is 2. The molecule has 1 atom stereocenters. The third-order valence-corrected chi connectivity index (χ3v) is 5.88. The van der Waals surface area contributed by atoms with E-state index < -0.39 is 0 Å². The normalized spacial score (nSPS) is 21.9. The molecule has 2 aliphatic rings. The van der Waals surface area contributed by atoms with Crippen LogP contribution in [0.2, 0.25) is 0 Å². The zero-order chi connectivity index (χ0) is 13.6. The number of aryl methyl sites for hydroxylation is 1. The Bertz CT molecular complexity index is 579. The van der Waals surface area contributed by atoms with Crippen molar-refractivity contribution in [3.63, 3.8) is 0 Å². The lowest BCUT2D eigenvalue weighted by atomic mass is 10.00. The summed E-state index contributed by atoms with van der Waals surface area (Å²) in [6.45, 7) is 1.15. The van der Waals surface area contributed by atoms with Gasteiger partial charge in [-0.05, 0) is 48.5 Å². The highest BCUT2D eigenvalue weighted by Crippen LogP contribution is 2.61. The summed E-state index contributed by atoms with van der Waals surface area (Å²) in [7, 11) is 2.08. The van der Waals surface area contributed by atoms with Crippen LogP contribution in [0.25, 0.3) is 0 Å². The Morgan fingerprint density at radius 3 is 2.90 bits per heavy atom. The highest BCUT2D eigenvalue weighted by Gasteiger charge is 2.53. The maximum absolute atomic E-state index is 4.56. The van der Waals surface area contributed by atoms with Gasteiger partial charge in [-0.25, -0.2) is 4.98 Å². The van der Waals surface area contributed by atoms with Crippen LogP contribution in [0.3, 0.4) is 0 Å². The topological polar surface area (TPSA) is 29.9 Å². The molecule has 4 rings (SSSR count). The van der Waals surface area contributed by atoms with Crippen molar-refractivity contribution in [1.29, 1.82) is 0 Å². The fourth-order valence-electron chi connectivity index (χ4n) is 3.32. The Labute approximate surface area is 124 Å². The second kappa shape index (κ2) is 4.71. The third-order valence-electron chi connectivity index (χ3n) is 4.94. The van der Waals surface area contributed by atoms with Gasteiger partial charge in [-0.2, -0.15) is 0 Å². The molecule has 2 fully saturated rings. The molecule has 2 aliphatic carbocycles. The molecule has 2 saturated carbocycles. The largest absolute Gasteiger partial charge is 0.336 e. The second-order valence-electron chi connectivity index (χ2n) is 6.36. The summed E-state index contributed by atoms with van der Waals surface area (Å²) in [6.07, 6.45) is 9.67. The van der Waals surface area contributed by atoms with Crippen molar-refractivity contribution in [2.24, 2.45) is 18.4 Å². The molecule has 2 aromatic heterocycles. The molecule has 0 saturated heterocycles. The van der Waals surface area contributed by atoms with Crippen LogP contribution in [0.5, 0.6) is 0 Å². The molecule has 0 aromatic carbocycles. The summed E-state index contributed by atoms with van der Waals surface area (Å²) in [5.41, 5.74) is 0.626. The first-order valence-electron chi connectivity index (χ1n) is 7.52. The van der Waals surface area contributed by atoms with Crippen molar-refractivity contribution in [2.75, 3.05) is 6.54 Å². The lowest BCUT2D eigenvalue weighted by Gasteiger charge is -2.22. The van der Waals surface area contributed by atoms with Gasteiger partial charge in [0.15, 0.2) is 0 Å². The molecule has 0 spiro atoms. The van der Waals surface area contributed by atoms with Gasteiger partial charge in [-0.1, -0.05) is 6.07 Å². The first kappa shape index (κ1) is 12.6. The SMILES string of the molecule is Cn1ccnc1C(NCC1(C2CC2)CC1)c1cccs1. The van der Waals surface area contributed by atoms with Gasteiger partial charge in [0.2, 0.25) is 0 Å². The van der Waals surface area contributed by atoms with Crippen LogP contribution >= 0.6 is 11.3 Å². The Morgan fingerprint density at radius 1 is 1.50 bits per heavy atom. The number of imidazole rings is 1. The molecule has 0 amide bonds. The van der Waals surface area contributed by atoms with Crippen molar-refractivity contribution in [3.05, 3.63) is 40.6 Å². The zero-order valence-corrected chi connectivity index (χ0v) is 12.7. The van der Waals surface area contributed by atoms with Crippen LogP contribution in [0, 0.1) is 11.3 Å². The van der Waals surface area contributed by atoms with Gasteiger partial charge in [0.25, 0.3) is 0 Å². The monoisotopic (exact) mass is 287 g/mol. The van der Waals surface area contributed by atoms with Crippen molar-refractivity contribution >= 4 is 11.3 Å². The maximum Gasteiger partial charge on any atom is 0.131 e. The molecule has 2 heterocycles. The van der Waals surface area contributed by atoms with Crippen LogP contribution in [0.15, 0.2) is 29.9 Å². The molecule has 1 unspecified atom stereocenters. The number of nitrogens with one attached hydrogen (secondary N) is 1. The number of hydrogen-bond donors (Lipinski definition) is 1. The first-order chi connectivity index (χ1) is 9.78. The lowest BCUT2D eigenvalue weighted by Crippen LogP contribution is -2.31. The summed E-state index contributed by atoms with van der Waals surface area (Å²) in [5, 5.41) is 5.97. The van der Waals surface area contributed by atoms with Crippen molar-refractivity contribution in [1.82, 2.24) is 14.9 Å². The van der Waals surface area contributed by atoms with Crippen LogP contribution in [-0.4, -0.2) is 16.1 Å². The van der Waals surface area contributed by atoms with E-state index in [9.17, 15) is 0 Å². The van der Waals surface area contributed by atoms with E-state index in [0.29, 0.717) is 5.41 Å². The summed E-state index contributed by atoms with van der Waals surface area (Å²) in [4.78, 5) is 5.93. The van der Waals surface area contributed by atoms with Crippen molar-refractivity contribution in [2.45, 2.75) is 31.7 Å². The predicted octanol–water partition coefficient (Wildman–Crippen LogP) is 3.35. The average Bonchev–Trinajstić information content (AvgIpc) is 3.34. The number of rotatable bonds is 6. The summed E-state index contributed by atoms with van der Waals surface area (Å²) in [6, 6.07) is 4.59. The minimum Gasteiger partial charge on any atom is -0.336 e. The fraction of sp³-hybridized carbons (Fsp3) is 0.562. The van der Waals surface area contributed by atoms with Crippen LogP contribution in [-0.2, 0) is 7.05 Å². The van der Waals surface area contributed by atoms with E-state index in [1.807, 2.05) is 23.7 Å². The Balaban J connectivity index is 1.54. The summed E-state index contributed by atoms with van der Waals surface area (Å²) in [5.74, 6) is 2.12. The van der Waals surface area contributed by atoms with Gasteiger partial charge in [0, 0.05) is 30.9 Å². The smallest absolute Gasteiger partial charge is 0.131 e. The quantitative estimate of drug-likeness (QED) is 0.883. The van der Waals surface area contributed by atoms with E-state index in [-0.39, 0.29) is 6.04 Å². The fourth-order valence-corrected chi connectivity index (χ4v) is 4.12. The number of hydrogen-bond acceptors (Lipinski definition) is 3. The minimum atomic E-state index is 0.242. The molecule has 106 valence electrons. The zero-order valence-electron chi connectivity index (χ0n) is 11.9. The van der Waals surface area contributed by atoms with Crippen molar-refractivity contribution < 1.29 is 0 Å². The standard InChI is InChI=1S/C16H21N3S/c1-19-9-8-17-15(19)14(13-3-2-10-20-13)18-11-16(6-7-16)12-4-5-12/h2-3,8-10,12,14,18H,4-7,11H2,1H3. The lowest BCUT2D eigenvalue weighted by molar-refractivity contribution is 0.384. The molecule has 0 radical (unpaired) electrons. The molecule has 4 heteroatoms. The van der Waals surface area contributed by atoms with E-state index in [0.717, 1.165) is 18.3 Å².